The highest BCUT2D eigenvalue weighted by Gasteiger charge is 2.62. The maximum Gasteiger partial charge on any atom is 0.0602 e. The molecule has 2 N–H and O–H groups in total. The van der Waals surface area contributed by atoms with Crippen molar-refractivity contribution in [2.75, 3.05) is 0 Å². The maximum atomic E-state index is 11.6. The molecule has 0 radical (unpaired) electrons. The molecule has 0 aliphatic heterocycles. The predicted octanol–water partition coefficient (Wildman–Crippen LogP) is 6.38. The van der Waals surface area contributed by atoms with Gasteiger partial charge in [0.05, 0.1) is 12.2 Å². The van der Waals surface area contributed by atoms with E-state index in [9.17, 15) is 10.2 Å². The van der Waals surface area contributed by atoms with Crippen LogP contribution in [0.1, 0.15) is 86.5 Å². The van der Waals surface area contributed by atoms with E-state index in [1.807, 2.05) is 0 Å². The lowest BCUT2D eigenvalue weighted by molar-refractivity contribution is -0.133. The first-order valence-electron chi connectivity index (χ1n) is 12.8. The third-order valence-corrected chi connectivity index (χ3v) is 10.7. The van der Waals surface area contributed by atoms with E-state index in [-0.39, 0.29) is 23.0 Å². The largest absolute Gasteiger partial charge is 0.393 e. The molecule has 4 rings (SSSR count). The summed E-state index contributed by atoms with van der Waals surface area (Å²) in [6.45, 7) is 14.2. The van der Waals surface area contributed by atoms with Gasteiger partial charge in [-0.25, -0.2) is 0 Å². The number of hydrogen-bond donors (Lipinski definition) is 2. The monoisotopic (exact) mass is 414 g/mol. The summed E-state index contributed by atoms with van der Waals surface area (Å²) in [5, 5.41) is 21.9. The molecule has 0 aromatic carbocycles. The van der Waals surface area contributed by atoms with Gasteiger partial charge in [0.1, 0.15) is 0 Å². The highest BCUT2D eigenvalue weighted by atomic mass is 16.3. The molecule has 0 heterocycles. The van der Waals surface area contributed by atoms with Crippen molar-refractivity contribution in [3.05, 3.63) is 23.8 Å². The molecule has 3 fully saturated rings. The third-order valence-electron chi connectivity index (χ3n) is 10.7. The summed E-state index contributed by atoms with van der Waals surface area (Å²) < 4.78 is 0. The van der Waals surface area contributed by atoms with Gasteiger partial charge in [0.15, 0.2) is 0 Å². The van der Waals surface area contributed by atoms with Crippen LogP contribution in [0.3, 0.4) is 0 Å². The molecule has 2 heteroatoms. The molecular weight excluding hydrogens is 368 g/mol. The van der Waals surface area contributed by atoms with Crippen molar-refractivity contribution in [3.8, 4) is 0 Å². The Balaban J connectivity index is 1.58. The van der Waals surface area contributed by atoms with E-state index in [0.717, 1.165) is 32.1 Å². The van der Waals surface area contributed by atoms with Gasteiger partial charge in [0, 0.05) is 0 Å². The maximum absolute atomic E-state index is 11.6. The van der Waals surface area contributed by atoms with Crippen LogP contribution in [0.15, 0.2) is 23.8 Å². The number of rotatable bonds is 4. The Labute approximate surface area is 185 Å². The first-order chi connectivity index (χ1) is 14.1. The summed E-state index contributed by atoms with van der Waals surface area (Å²) in [6.07, 6.45) is 14.6. The van der Waals surface area contributed by atoms with Crippen molar-refractivity contribution in [2.24, 2.45) is 52.3 Å². The quantitative estimate of drug-likeness (QED) is 0.524. The van der Waals surface area contributed by atoms with Gasteiger partial charge in [-0.3, -0.25) is 0 Å². The minimum absolute atomic E-state index is 0.0435. The number of hydrogen-bond acceptors (Lipinski definition) is 2. The summed E-state index contributed by atoms with van der Waals surface area (Å²) in [5.74, 6) is 4.34. The smallest absolute Gasteiger partial charge is 0.0602 e. The SMILES string of the molecule is CC(C)[C@@H](C)/C=C/[C@@H](C)[C@H]1CC[C@H]2[C@@H]3CC=C4C[C@@H](O)CC[C@]4(C)[C@H]3C[C@@H](O)[C@]12C. The third kappa shape index (κ3) is 3.45. The second kappa shape index (κ2) is 8.07. The molecular formula is C28H46O2. The number of fused-ring (bicyclic) bond motifs is 5. The molecule has 4 aliphatic carbocycles. The van der Waals surface area contributed by atoms with Gasteiger partial charge in [0.25, 0.3) is 0 Å². The molecule has 0 spiro atoms. The van der Waals surface area contributed by atoms with Crippen LogP contribution in [0.4, 0.5) is 0 Å². The molecule has 30 heavy (non-hydrogen) atoms. The fraction of sp³-hybridized carbons (Fsp3) is 0.857. The Morgan fingerprint density at radius 1 is 1.00 bits per heavy atom. The lowest BCUT2D eigenvalue weighted by atomic mass is 9.46. The Morgan fingerprint density at radius 2 is 1.73 bits per heavy atom. The van der Waals surface area contributed by atoms with E-state index < -0.39 is 0 Å². The molecule has 0 saturated heterocycles. The van der Waals surface area contributed by atoms with Crippen molar-refractivity contribution < 1.29 is 10.2 Å². The number of aliphatic hydroxyl groups is 2. The Kier molecular flexibility index (Phi) is 6.08. The van der Waals surface area contributed by atoms with Crippen molar-refractivity contribution in [1.29, 1.82) is 0 Å². The van der Waals surface area contributed by atoms with Crippen molar-refractivity contribution >= 4 is 0 Å². The first kappa shape index (κ1) is 22.6. The molecule has 0 unspecified atom stereocenters. The van der Waals surface area contributed by atoms with Gasteiger partial charge in [-0.2, -0.15) is 0 Å². The highest BCUT2D eigenvalue weighted by molar-refractivity contribution is 5.26. The zero-order chi connectivity index (χ0) is 21.8. The van der Waals surface area contributed by atoms with Gasteiger partial charge in [0.2, 0.25) is 0 Å². The van der Waals surface area contributed by atoms with Gasteiger partial charge in [-0.15, -0.1) is 0 Å². The lowest BCUT2D eigenvalue weighted by Crippen LogP contribution is -2.56. The summed E-state index contributed by atoms with van der Waals surface area (Å²) in [4.78, 5) is 0. The highest BCUT2D eigenvalue weighted by Crippen LogP contribution is 2.67. The van der Waals surface area contributed by atoms with E-state index in [1.54, 1.807) is 0 Å². The molecule has 0 aromatic rings. The van der Waals surface area contributed by atoms with Gasteiger partial charge < -0.3 is 10.2 Å². The van der Waals surface area contributed by atoms with E-state index in [1.165, 1.54) is 18.4 Å². The second-order valence-corrected chi connectivity index (χ2v) is 12.3. The lowest BCUT2D eigenvalue weighted by Gasteiger charge is -2.60. The van der Waals surface area contributed by atoms with Crippen LogP contribution in [0.5, 0.6) is 0 Å². The van der Waals surface area contributed by atoms with Crippen molar-refractivity contribution in [2.45, 2.75) is 98.7 Å². The fourth-order valence-corrected chi connectivity index (χ4v) is 8.21. The summed E-state index contributed by atoms with van der Waals surface area (Å²) in [6, 6.07) is 0. The van der Waals surface area contributed by atoms with Crippen molar-refractivity contribution in [3.63, 3.8) is 0 Å². The number of allylic oxidation sites excluding steroid dienone is 3. The molecule has 0 aromatic heterocycles. The Hall–Kier alpha value is -0.600. The van der Waals surface area contributed by atoms with E-state index in [4.69, 9.17) is 0 Å². The normalized spacial score (nSPS) is 48.1. The van der Waals surface area contributed by atoms with E-state index in [0.29, 0.717) is 41.4 Å². The first-order valence-corrected chi connectivity index (χ1v) is 12.8. The molecule has 10 atom stereocenters. The molecule has 170 valence electrons. The molecule has 0 bridgehead atoms. The van der Waals surface area contributed by atoms with Crippen LogP contribution in [0.25, 0.3) is 0 Å². The topological polar surface area (TPSA) is 40.5 Å². The minimum atomic E-state index is -0.197. The molecule has 4 aliphatic rings. The standard InChI is InChI=1S/C28H46O2/c1-17(2)18(3)7-8-19(4)23-11-12-24-22-10-9-20-15-21(29)13-14-27(20,5)25(22)16-26(30)28(23,24)6/h7-9,17-19,21-26,29-30H,10-16H2,1-6H3/b8-7+/t18-,19+,21-,22-,23+,24-,25-,26+,27-,28+/m0/s1. The van der Waals surface area contributed by atoms with Gasteiger partial charge >= 0.3 is 0 Å². The van der Waals surface area contributed by atoms with Gasteiger partial charge in [-0.1, -0.05) is 65.3 Å². The van der Waals surface area contributed by atoms with Crippen LogP contribution in [-0.2, 0) is 0 Å². The van der Waals surface area contributed by atoms with Crippen LogP contribution < -0.4 is 0 Å². The average Bonchev–Trinajstić information content (AvgIpc) is 3.06. The fourth-order valence-electron chi connectivity index (χ4n) is 8.21. The Morgan fingerprint density at radius 3 is 2.43 bits per heavy atom. The van der Waals surface area contributed by atoms with Crippen LogP contribution in [-0.4, -0.2) is 22.4 Å². The second-order valence-electron chi connectivity index (χ2n) is 12.3. The zero-order valence-corrected chi connectivity index (χ0v) is 20.3. The van der Waals surface area contributed by atoms with Gasteiger partial charge in [-0.05, 0) is 97.2 Å². The Bertz CT molecular complexity index is 693. The van der Waals surface area contributed by atoms with Crippen LogP contribution in [0.2, 0.25) is 0 Å². The summed E-state index contributed by atoms with van der Waals surface area (Å²) in [7, 11) is 0. The molecule has 3 saturated carbocycles. The zero-order valence-electron chi connectivity index (χ0n) is 20.3. The minimum Gasteiger partial charge on any atom is -0.393 e. The summed E-state index contributed by atoms with van der Waals surface area (Å²) in [5.41, 5.74) is 1.73. The summed E-state index contributed by atoms with van der Waals surface area (Å²) >= 11 is 0. The van der Waals surface area contributed by atoms with E-state index >= 15 is 0 Å². The van der Waals surface area contributed by atoms with Crippen LogP contribution >= 0.6 is 0 Å². The predicted molar refractivity (Wildman–Crippen MR) is 125 cm³/mol. The number of aliphatic hydroxyl groups excluding tert-OH is 2. The molecule has 2 nitrogen and oxygen atoms in total. The average molecular weight is 415 g/mol. The van der Waals surface area contributed by atoms with Crippen LogP contribution in [0, 0.1) is 52.3 Å². The molecule has 0 amide bonds. The van der Waals surface area contributed by atoms with Crippen molar-refractivity contribution in [1.82, 2.24) is 0 Å². The van der Waals surface area contributed by atoms with E-state index in [2.05, 4.69) is 59.8 Å².